The molecule has 3 amide bonds. The first-order valence-corrected chi connectivity index (χ1v) is 12.1. The first-order chi connectivity index (χ1) is 17.9. The summed E-state index contributed by atoms with van der Waals surface area (Å²) < 4.78 is 10.8. The highest BCUT2D eigenvalue weighted by Gasteiger charge is 2.39. The second-order valence-electron chi connectivity index (χ2n) is 9.06. The molecule has 11 heteroatoms. The Hall–Kier alpha value is -3.93. The SMILES string of the molecule is Nc1[nH]cc2cc(NC(=O)[C@H](O)[C@H]3OCCN(c4cccc(CC(=O)N5CCOCC5)c4)C3=O)ccc12. The molecular weight excluding hydrogens is 478 g/mol. The van der Waals surface area contributed by atoms with Crippen LogP contribution in [-0.4, -0.2) is 84.4 Å². The van der Waals surface area contributed by atoms with Crippen LogP contribution >= 0.6 is 0 Å². The van der Waals surface area contributed by atoms with Crippen molar-refractivity contribution in [3.05, 3.63) is 54.2 Å². The van der Waals surface area contributed by atoms with E-state index in [4.69, 9.17) is 15.2 Å². The van der Waals surface area contributed by atoms with Gasteiger partial charge < -0.3 is 40.4 Å². The fourth-order valence-corrected chi connectivity index (χ4v) is 4.61. The fourth-order valence-electron chi connectivity index (χ4n) is 4.61. The van der Waals surface area contributed by atoms with Crippen LogP contribution in [0.15, 0.2) is 48.7 Å². The zero-order valence-electron chi connectivity index (χ0n) is 20.2. The average molecular weight is 508 g/mol. The second kappa shape index (κ2) is 10.6. The molecule has 2 aliphatic rings. The van der Waals surface area contributed by atoms with Crippen molar-refractivity contribution in [1.29, 1.82) is 0 Å². The summed E-state index contributed by atoms with van der Waals surface area (Å²) >= 11 is 0. The summed E-state index contributed by atoms with van der Waals surface area (Å²) in [7, 11) is 0. The van der Waals surface area contributed by atoms with E-state index in [1.807, 2.05) is 6.07 Å². The lowest BCUT2D eigenvalue weighted by Gasteiger charge is -2.34. The van der Waals surface area contributed by atoms with Gasteiger partial charge in [-0.05, 0) is 35.9 Å². The summed E-state index contributed by atoms with van der Waals surface area (Å²) in [6.07, 6.45) is -1.16. The van der Waals surface area contributed by atoms with Crippen molar-refractivity contribution in [2.24, 2.45) is 0 Å². The second-order valence-corrected chi connectivity index (χ2v) is 9.06. The van der Waals surface area contributed by atoms with Crippen LogP contribution in [0.5, 0.6) is 0 Å². The zero-order chi connectivity index (χ0) is 25.9. The maximum absolute atomic E-state index is 13.2. The zero-order valence-corrected chi connectivity index (χ0v) is 20.2. The monoisotopic (exact) mass is 507 g/mol. The molecule has 3 heterocycles. The molecule has 2 atom stereocenters. The number of aliphatic hydroxyl groups is 1. The number of nitrogens with two attached hydrogens (primary N) is 1. The number of carbonyl (C=O) groups is 3. The predicted molar refractivity (Wildman–Crippen MR) is 137 cm³/mol. The van der Waals surface area contributed by atoms with Crippen LogP contribution in [0.3, 0.4) is 0 Å². The van der Waals surface area contributed by atoms with Crippen LogP contribution in [0, 0.1) is 0 Å². The van der Waals surface area contributed by atoms with Crippen molar-refractivity contribution in [2.75, 3.05) is 55.4 Å². The maximum atomic E-state index is 13.2. The van der Waals surface area contributed by atoms with E-state index in [2.05, 4.69) is 10.3 Å². The van der Waals surface area contributed by atoms with E-state index in [0.29, 0.717) is 43.5 Å². The normalized spacial score (nSPS) is 19.2. The van der Waals surface area contributed by atoms with Gasteiger partial charge in [0.05, 0.1) is 26.2 Å². The number of hydrogen-bond acceptors (Lipinski definition) is 7. The van der Waals surface area contributed by atoms with Gasteiger partial charge in [-0.2, -0.15) is 0 Å². The van der Waals surface area contributed by atoms with Gasteiger partial charge >= 0.3 is 0 Å². The van der Waals surface area contributed by atoms with Gasteiger partial charge in [-0.25, -0.2) is 0 Å². The molecule has 0 aliphatic carbocycles. The van der Waals surface area contributed by atoms with Gasteiger partial charge in [0, 0.05) is 48.0 Å². The number of fused-ring (bicyclic) bond motifs is 1. The Morgan fingerprint density at radius 1 is 1.14 bits per heavy atom. The molecule has 2 aliphatic heterocycles. The summed E-state index contributed by atoms with van der Waals surface area (Å²) in [6, 6.07) is 12.3. The van der Waals surface area contributed by atoms with Crippen molar-refractivity contribution in [2.45, 2.75) is 18.6 Å². The van der Waals surface area contributed by atoms with Gasteiger partial charge in [-0.3, -0.25) is 14.4 Å². The number of carbonyl (C=O) groups excluding carboxylic acids is 3. The molecule has 5 N–H and O–H groups in total. The molecule has 11 nitrogen and oxygen atoms in total. The number of nitrogens with zero attached hydrogens (tertiary/aromatic N) is 2. The number of aromatic nitrogens is 1. The molecule has 194 valence electrons. The van der Waals surface area contributed by atoms with Crippen molar-refractivity contribution >= 4 is 45.7 Å². The Morgan fingerprint density at radius 2 is 1.95 bits per heavy atom. The average Bonchev–Trinajstić information content (AvgIpc) is 3.28. The molecule has 3 aromatic rings. The molecule has 2 aromatic carbocycles. The standard InChI is InChI=1S/C26H29N5O6/c27-24-20-5-4-18(14-17(20)15-28-24)29-25(34)22(33)23-26(35)31(8-11-37-23)19-3-1-2-16(12-19)13-21(32)30-6-9-36-10-7-30/h1-5,12,14-15,22-23,28,33H,6-11,13,27H2,(H,29,34)/t22-,23-/m1/s1. The van der Waals surface area contributed by atoms with Crippen molar-refractivity contribution in [1.82, 2.24) is 9.88 Å². The number of anilines is 3. The molecule has 2 fully saturated rings. The highest BCUT2D eigenvalue weighted by molar-refractivity contribution is 6.04. The Bertz CT molecular complexity index is 1320. The predicted octanol–water partition coefficient (Wildman–Crippen LogP) is 0.883. The largest absolute Gasteiger partial charge is 0.385 e. The molecule has 0 bridgehead atoms. The van der Waals surface area contributed by atoms with Crippen molar-refractivity contribution in [3.63, 3.8) is 0 Å². The molecule has 2 saturated heterocycles. The lowest BCUT2D eigenvalue weighted by atomic mass is 10.1. The third kappa shape index (κ3) is 5.29. The van der Waals surface area contributed by atoms with Crippen LogP contribution in [0.25, 0.3) is 10.8 Å². The summed E-state index contributed by atoms with van der Waals surface area (Å²) in [6.45, 7) is 2.59. The third-order valence-corrected chi connectivity index (χ3v) is 6.61. The Labute approximate surface area is 213 Å². The quantitative estimate of drug-likeness (QED) is 0.387. The number of morpholine rings is 2. The minimum atomic E-state index is -1.71. The van der Waals surface area contributed by atoms with E-state index in [-0.39, 0.29) is 25.5 Å². The number of benzene rings is 2. The summed E-state index contributed by atoms with van der Waals surface area (Å²) in [5.41, 5.74) is 7.65. The van der Waals surface area contributed by atoms with Crippen LogP contribution in [0.1, 0.15) is 5.56 Å². The van der Waals surface area contributed by atoms with Gasteiger partial charge in [0.25, 0.3) is 11.8 Å². The molecule has 1 aromatic heterocycles. The summed E-state index contributed by atoms with van der Waals surface area (Å²) in [4.78, 5) is 44.8. The molecule has 37 heavy (non-hydrogen) atoms. The van der Waals surface area contributed by atoms with Crippen LogP contribution in [0.4, 0.5) is 17.2 Å². The van der Waals surface area contributed by atoms with E-state index in [9.17, 15) is 19.5 Å². The number of rotatable bonds is 6. The van der Waals surface area contributed by atoms with Crippen LogP contribution in [-0.2, 0) is 30.3 Å². The molecular formula is C26H29N5O6. The van der Waals surface area contributed by atoms with E-state index in [1.165, 1.54) is 4.90 Å². The number of amides is 3. The first-order valence-electron chi connectivity index (χ1n) is 12.1. The minimum Gasteiger partial charge on any atom is -0.385 e. The van der Waals surface area contributed by atoms with E-state index >= 15 is 0 Å². The maximum Gasteiger partial charge on any atom is 0.259 e. The highest BCUT2D eigenvalue weighted by atomic mass is 16.5. The third-order valence-electron chi connectivity index (χ3n) is 6.61. The molecule has 0 radical (unpaired) electrons. The number of aliphatic hydroxyl groups excluding tert-OH is 1. The number of H-pyrrole nitrogens is 1. The van der Waals surface area contributed by atoms with E-state index in [1.54, 1.807) is 47.5 Å². The van der Waals surface area contributed by atoms with Crippen LogP contribution in [0.2, 0.25) is 0 Å². The van der Waals surface area contributed by atoms with Gasteiger partial charge in [0.2, 0.25) is 5.91 Å². The van der Waals surface area contributed by atoms with Gasteiger partial charge in [0.1, 0.15) is 5.82 Å². The molecule has 0 spiro atoms. The smallest absolute Gasteiger partial charge is 0.259 e. The van der Waals surface area contributed by atoms with Gasteiger partial charge in [0.15, 0.2) is 12.2 Å². The number of ether oxygens (including phenoxy) is 2. The first kappa shape index (κ1) is 24.8. The van der Waals surface area contributed by atoms with E-state index < -0.39 is 24.0 Å². The van der Waals surface area contributed by atoms with E-state index in [0.717, 1.165) is 16.3 Å². The number of aromatic amines is 1. The fraction of sp³-hybridized carbons (Fsp3) is 0.346. The van der Waals surface area contributed by atoms with Crippen molar-refractivity contribution < 1.29 is 29.0 Å². The minimum absolute atomic E-state index is 0.000706. The summed E-state index contributed by atoms with van der Waals surface area (Å²) in [5, 5.41) is 14.9. The summed E-state index contributed by atoms with van der Waals surface area (Å²) in [5.74, 6) is -0.768. The van der Waals surface area contributed by atoms with Gasteiger partial charge in [-0.1, -0.05) is 12.1 Å². The highest BCUT2D eigenvalue weighted by Crippen LogP contribution is 2.25. The molecule has 5 rings (SSSR count). The van der Waals surface area contributed by atoms with Crippen LogP contribution < -0.4 is 16.0 Å². The molecule has 0 saturated carbocycles. The Morgan fingerprint density at radius 3 is 2.76 bits per heavy atom. The number of hydrogen-bond donors (Lipinski definition) is 4. The lowest BCUT2D eigenvalue weighted by Crippen LogP contribution is -2.55. The van der Waals surface area contributed by atoms with Crippen molar-refractivity contribution in [3.8, 4) is 0 Å². The van der Waals surface area contributed by atoms with Gasteiger partial charge in [-0.15, -0.1) is 0 Å². The lowest BCUT2D eigenvalue weighted by molar-refractivity contribution is -0.150. The molecule has 0 unspecified atom stereocenters. The Kier molecular flexibility index (Phi) is 7.08. The topological polar surface area (TPSA) is 150 Å². The Balaban J connectivity index is 1.25. The number of nitrogens with one attached hydrogen (secondary N) is 2. The number of nitrogen functional groups attached to an aromatic ring is 1.